The Balaban J connectivity index is 1.43. The summed E-state index contributed by atoms with van der Waals surface area (Å²) in [5, 5.41) is -0.568. The fraction of sp³-hybridized carbons (Fsp3) is 0.379. The van der Waals surface area contributed by atoms with Crippen LogP contribution in [0.1, 0.15) is 41.2 Å². The van der Waals surface area contributed by atoms with Gasteiger partial charge in [0.25, 0.3) is 0 Å². The summed E-state index contributed by atoms with van der Waals surface area (Å²) in [7, 11) is 1.51. The van der Waals surface area contributed by atoms with Crippen molar-refractivity contribution in [3.63, 3.8) is 0 Å². The molecule has 3 amide bonds. The molecule has 13 heteroatoms. The van der Waals surface area contributed by atoms with Crippen LogP contribution in [0, 0.1) is 5.92 Å². The Morgan fingerprint density at radius 3 is 2.38 bits per heavy atom. The van der Waals surface area contributed by atoms with E-state index < -0.39 is 40.6 Å². The van der Waals surface area contributed by atoms with Gasteiger partial charge in [-0.2, -0.15) is 13.2 Å². The molecule has 6 rings (SSSR count). The number of ether oxygens (including phenoxy) is 1. The van der Waals surface area contributed by atoms with Gasteiger partial charge in [-0.15, -0.1) is 0 Å². The molecule has 3 aliphatic heterocycles. The fourth-order valence-corrected chi connectivity index (χ4v) is 8.65. The third-order valence-electron chi connectivity index (χ3n) is 7.96. The van der Waals surface area contributed by atoms with Crippen molar-refractivity contribution in [3.8, 4) is 5.75 Å². The zero-order chi connectivity index (χ0) is 29.8. The van der Waals surface area contributed by atoms with Crippen molar-refractivity contribution in [2.45, 2.75) is 48.2 Å². The van der Waals surface area contributed by atoms with Crippen molar-refractivity contribution < 1.29 is 32.3 Å². The lowest BCUT2D eigenvalue weighted by Crippen LogP contribution is -2.39. The molecule has 2 fully saturated rings. The molecule has 2 unspecified atom stereocenters. The molecule has 0 aliphatic carbocycles. The minimum absolute atomic E-state index is 0.163. The van der Waals surface area contributed by atoms with Crippen LogP contribution in [-0.2, 0) is 27.1 Å². The van der Waals surface area contributed by atoms with Gasteiger partial charge in [0.1, 0.15) is 17.5 Å². The Labute approximate surface area is 247 Å². The molecule has 3 aliphatic rings. The minimum atomic E-state index is -4.66. The number of thioether (sulfide) groups is 1. The maximum Gasteiger partial charge on any atom is 0.416 e. The number of carbonyl (C=O) groups is 3. The number of fused-ring (bicyclic) bond motifs is 2. The van der Waals surface area contributed by atoms with Crippen molar-refractivity contribution in [3.05, 3.63) is 74.2 Å². The quantitative estimate of drug-likeness (QED) is 0.385. The number of hydrogen-bond donors (Lipinski definition) is 0. The van der Waals surface area contributed by atoms with Gasteiger partial charge in [-0.05, 0) is 55.2 Å². The summed E-state index contributed by atoms with van der Waals surface area (Å²) in [6.07, 6.45) is -1.83. The smallest absolute Gasteiger partial charge is 0.416 e. The van der Waals surface area contributed by atoms with Crippen molar-refractivity contribution in [1.82, 2.24) is 9.47 Å². The van der Waals surface area contributed by atoms with E-state index in [1.165, 1.54) is 17.7 Å². The van der Waals surface area contributed by atoms with Gasteiger partial charge in [0.05, 0.1) is 29.3 Å². The molecule has 0 radical (unpaired) electrons. The largest absolute Gasteiger partial charge is 0.497 e. The highest BCUT2D eigenvalue weighted by molar-refractivity contribution is 8.00. The van der Waals surface area contributed by atoms with Gasteiger partial charge in [0, 0.05) is 23.9 Å². The van der Waals surface area contributed by atoms with Gasteiger partial charge in [0.2, 0.25) is 17.7 Å². The lowest BCUT2D eigenvalue weighted by molar-refractivity contribution is -0.137. The first kappa shape index (κ1) is 28.5. The van der Waals surface area contributed by atoms with Crippen LogP contribution >= 0.6 is 23.1 Å². The first-order valence-electron chi connectivity index (χ1n) is 13.5. The van der Waals surface area contributed by atoms with Gasteiger partial charge >= 0.3 is 11.0 Å². The number of carbonyl (C=O) groups excluding carboxylic acids is 3. The number of likely N-dealkylation sites (tertiary alicyclic amines) is 1. The third-order valence-corrected chi connectivity index (χ3v) is 10.6. The molecule has 0 N–H and O–H groups in total. The number of imide groups is 1. The maximum atomic E-state index is 13.9. The predicted octanol–water partition coefficient (Wildman–Crippen LogP) is 4.75. The average molecular weight is 618 g/mol. The molecule has 3 atom stereocenters. The van der Waals surface area contributed by atoms with Crippen LogP contribution in [0.5, 0.6) is 5.75 Å². The molecule has 0 saturated carbocycles. The minimum Gasteiger partial charge on any atom is -0.497 e. The normalized spacial score (nSPS) is 22.2. The summed E-state index contributed by atoms with van der Waals surface area (Å²) in [4.78, 5) is 56.9. The number of halogens is 3. The van der Waals surface area contributed by atoms with Crippen LogP contribution in [0.3, 0.4) is 0 Å². The molecule has 3 aromatic rings. The van der Waals surface area contributed by atoms with Crippen LogP contribution in [0.25, 0.3) is 0 Å². The van der Waals surface area contributed by atoms with Crippen LogP contribution < -0.4 is 14.5 Å². The van der Waals surface area contributed by atoms with Gasteiger partial charge < -0.3 is 9.64 Å². The Morgan fingerprint density at radius 2 is 1.71 bits per heavy atom. The molecule has 0 bridgehead atoms. The summed E-state index contributed by atoms with van der Waals surface area (Å²) >= 11 is 1.96. The highest BCUT2D eigenvalue weighted by Gasteiger charge is 2.57. The SMILES string of the molecule is COc1ccc([C@@H]2c3sc(=O)n(CC(=O)N4CCCCC4)c3SC3C(=O)N(c4cccc(C(F)(F)F)c4)C(=O)C32)cc1. The second kappa shape index (κ2) is 10.9. The molecule has 2 saturated heterocycles. The highest BCUT2D eigenvalue weighted by Crippen LogP contribution is 2.54. The van der Waals surface area contributed by atoms with Crippen LogP contribution in [0.15, 0.2) is 58.4 Å². The van der Waals surface area contributed by atoms with E-state index in [9.17, 15) is 32.3 Å². The average Bonchev–Trinajstić information content (AvgIpc) is 3.43. The lowest BCUT2D eigenvalue weighted by Gasteiger charge is -2.31. The molecule has 220 valence electrons. The number of nitrogens with zero attached hydrogens (tertiary/aromatic N) is 3. The van der Waals surface area contributed by atoms with Crippen LogP contribution in [0.2, 0.25) is 0 Å². The second-order valence-corrected chi connectivity index (χ2v) is 12.6. The maximum absolute atomic E-state index is 13.9. The van der Waals surface area contributed by atoms with E-state index >= 15 is 0 Å². The van der Waals surface area contributed by atoms with Gasteiger partial charge in [-0.25, -0.2) is 4.90 Å². The van der Waals surface area contributed by atoms with Gasteiger partial charge in [0.15, 0.2) is 0 Å². The number of benzene rings is 2. The zero-order valence-corrected chi connectivity index (χ0v) is 24.1. The van der Waals surface area contributed by atoms with Crippen LogP contribution in [0.4, 0.5) is 18.9 Å². The van der Waals surface area contributed by atoms with Gasteiger partial charge in [-0.3, -0.25) is 23.7 Å². The van der Waals surface area contributed by atoms with Crippen molar-refractivity contribution in [1.29, 1.82) is 0 Å². The molecule has 8 nitrogen and oxygen atoms in total. The first-order valence-corrected chi connectivity index (χ1v) is 15.1. The number of anilines is 1. The molecule has 0 spiro atoms. The number of thiazole rings is 1. The van der Waals surface area contributed by atoms with E-state index in [2.05, 4.69) is 0 Å². The zero-order valence-electron chi connectivity index (χ0n) is 22.4. The first-order chi connectivity index (χ1) is 20.1. The Kier molecular flexibility index (Phi) is 7.42. The standard InChI is InChI=1S/C29H26F3N3O5S2/c1-40-19-10-8-16(9-11-19)21-22-23(26(38)35(25(22)37)18-7-5-6-17(14-18)29(30,31)32)41-27-24(21)42-28(39)34(27)15-20(36)33-12-3-2-4-13-33/h5-11,14,21-23H,2-4,12-13,15H2,1H3/t21-,22?,23?/m0/s1. The Bertz CT molecular complexity index is 1610. The number of aromatic nitrogens is 1. The van der Waals surface area contributed by atoms with E-state index in [1.54, 1.807) is 29.2 Å². The fourth-order valence-electron chi connectivity index (χ4n) is 5.88. The Hall–Kier alpha value is -3.58. The number of amides is 3. The molecule has 2 aromatic carbocycles. The van der Waals surface area contributed by atoms with E-state index in [0.717, 1.165) is 65.5 Å². The highest BCUT2D eigenvalue weighted by atomic mass is 32.2. The number of alkyl halides is 3. The number of methoxy groups -OCH3 is 1. The van der Waals surface area contributed by atoms with E-state index in [1.807, 2.05) is 0 Å². The van der Waals surface area contributed by atoms with Crippen LogP contribution in [-0.4, -0.2) is 52.6 Å². The molecular formula is C29H26F3N3O5S2. The Morgan fingerprint density at radius 1 is 1.00 bits per heavy atom. The number of piperidine rings is 1. The number of rotatable bonds is 5. The summed E-state index contributed by atoms with van der Waals surface area (Å²) < 4.78 is 47.1. The number of hydrogen-bond acceptors (Lipinski definition) is 7. The summed E-state index contributed by atoms with van der Waals surface area (Å²) in [5.74, 6) is -2.62. The van der Waals surface area contributed by atoms with Crippen molar-refractivity contribution in [2.75, 3.05) is 25.1 Å². The van der Waals surface area contributed by atoms with E-state index in [0.29, 0.717) is 34.3 Å². The van der Waals surface area contributed by atoms with Crippen molar-refractivity contribution in [2.24, 2.45) is 5.92 Å². The molecular weight excluding hydrogens is 591 g/mol. The van der Waals surface area contributed by atoms with Gasteiger partial charge in [-0.1, -0.05) is 41.3 Å². The molecule has 4 heterocycles. The summed E-state index contributed by atoms with van der Waals surface area (Å²) in [5.41, 5.74) is -0.488. The molecule has 1 aromatic heterocycles. The second-order valence-electron chi connectivity index (χ2n) is 10.4. The predicted molar refractivity (Wildman–Crippen MR) is 151 cm³/mol. The van der Waals surface area contributed by atoms with E-state index in [4.69, 9.17) is 4.74 Å². The summed E-state index contributed by atoms with van der Waals surface area (Å²) in [6.45, 7) is 1.04. The third kappa shape index (κ3) is 4.91. The van der Waals surface area contributed by atoms with E-state index in [-0.39, 0.29) is 23.0 Å². The monoisotopic (exact) mass is 617 g/mol. The molecule has 42 heavy (non-hydrogen) atoms. The lowest BCUT2D eigenvalue weighted by atomic mass is 9.83. The topological polar surface area (TPSA) is 88.9 Å². The summed E-state index contributed by atoms with van der Waals surface area (Å²) in [6, 6.07) is 11.1. The van der Waals surface area contributed by atoms with Crippen molar-refractivity contribution >= 4 is 46.5 Å².